The summed E-state index contributed by atoms with van der Waals surface area (Å²) in [6.45, 7) is 0. The molecule has 1 aromatic rings. The molecule has 0 heterocycles. The molecule has 0 amide bonds. The number of aliphatic hydroxyl groups excluding tert-OH is 1. The summed E-state index contributed by atoms with van der Waals surface area (Å²) in [7, 11) is 0. The van der Waals surface area contributed by atoms with E-state index < -0.39 is 11.7 Å². The van der Waals surface area contributed by atoms with Crippen LogP contribution in [0, 0.1) is 0 Å². The molecule has 0 aromatic heterocycles. The fourth-order valence-electron chi connectivity index (χ4n) is 1.70. The van der Waals surface area contributed by atoms with Gasteiger partial charge in [-0.3, -0.25) is 0 Å². The quantitative estimate of drug-likeness (QED) is 0.820. The summed E-state index contributed by atoms with van der Waals surface area (Å²) < 4.78 is 36.8. The normalized spacial score (nSPS) is 25.0. The predicted molar refractivity (Wildman–Crippen MR) is 54.1 cm³/mol. The average molecular weight is 231 g/mol. The van der Waals surface area contributed by atoms with Crippen LogP contribution in [0.5, 0.6) is 0 Å². The molecule has 2 rings (SSSR count). The highest BCUT2D eigenvalue weighted by molar-refractivity contribution is 5.46. The molecule has 0 atom stereocenters. The second kappa shape index (κ2) is 3.97. The van der Waals surface area contributed by atoms with Gasteiger partial charge in [0.1, 0.15) is 0 Å². The van der Waals surface area contributed by atoms with E-state index in [1.807, 2.05) is 0 Å². The molecule has 5 heteroatoms. The molecule has 0 spiro atoms. The van der Waals surface area contributed by atoms with Crippen LogP contribution in [0.15, 0.2) is 24.3 Å². The van der Waals surface area contributed by atoms with E-state index in [4.69, 9.17) is 5.11 Å². The summed E-state index contributed by atoms with van der Waals surface area (Å²) in [6.07, 6.45) is -3.25. The number of anilines is 1. The lowest BCUT2D eigenvalue weighted by Gasteiger charge is -2.32. The van der Waals surface area contributed by atoms with E-state index >= 15 is 0 Å². The molecule has 0 bridgehead atoms. The molecule has 1 aliphatic carbocycles. The minimum atomic E-state index is -4.29. The van der Waals surface area contributed by atoms with Crippen molar-refractivity contribution in [2.75, 3.05) is 5.32 Å². The molecule has 16 heavy (non-hydrogen) atoms. The van der Waals surface area contributed by atoms with Gasteiger partial charge in [0.15, 0.2) is 0 Å². The van der Waals surface area contributed by atoms with Crippen molar-refractivity contribution in [1.29, 1.82) is 0 Å². The van der Waals surface area contributed by atoms with E-state index in [1.165, 1.54) is 12.1 Å². The Morgan fingerprint density at radius 3 is 2.12 bits per heavy atom. The van der Waals surface area contributed by atoms with E-state index in [0.29, 0.717) is 18.5 Å². The summed E-state index contributed by atoms with van der Waals surface area (Å²) in [5, 5.41) is 12.1. The van der Waals surface area contributed by atoms with E-state index in [9.17, 15) is 13.2 Å². The van der Waals surface area contributed by atoms with Gasteiger partial charge in [-0.25, -0.2) is 0 Å². The van der Waals surface area contributed by atoms with Crippen molar-refractivity contribution in [3.05, 3.63) is 29.8 Å². The lowest BCUT2D eigenvalue weighted by Crippen LogP contribution is -2.38. The van der Waals surface area contributed by atoms with Crippen LogP contribution in [0.4, 0.5) is 18.9 Å². The fourth-order valence-corrected chi connectivity index (χ4v) is 1.70. The van der Waals surface area contributed by atoms with Gasteiger partial charge in [0.25, 0.3) is 0 Å². The van der Waals surface area contributed by atoms with Crippen molar-refractivity contribution in [2.45, 2.75) is 31.2 Å². The molecule has 0 radical (unpaired) electrons. The maximum absolute atomic E-state index is 12.3. The molecule has 0 unspecified atom stereocenters. The van der Waals surface area contributed by atoms with Crippen LogP contribution in [0.25, 0.3) is 0 Å². The van der Waals surface area contributed by atoms with Gasteiger partial charge < -0.3 is 10.4 Å². The van der Waals surface area contributed by atoms with E-state index in [0.717, 1.165) is 12.1 Å². The zero-order chi connectivity index (χ0) is 11.8. The van der Waals surface area contributed by atoms with Crippen LogP contribution in [-0.4, -0.2) is 17.3 Å². The zero-order valence-corrected chi connectivity index (χ0v) is 8.46. The minimum absolute atomic E-state index is 0.173. The van der Waals surface area contributed by atoms with E-state index in [2.05, 4.69) is 5.32 Å². The van der Waals surface area contributed by atoms with Gasteiger partial charge in [0.05, 0.1) is 11.7 Å². The molecule has 88 valence electrons. The lowest BCUT2D eigenvalue weighted by atomic mass is 9.89. The largest absolute Gasteiger partial charge is 0.416 e. The number of alkyl halides is 3. The molecule has 2 nitrogen and oxygen atoms in total. The number of hydrogen-bond donors (Lipinski definition) is 2. The van der Waals surface area contributed by atoms with Gasteiger partial charge in [-0.05, 0) is 37.1 Å². The third-order valence-corrected chi connectivity index (χ3v) is 2.70. The highest BCUT2D eigenvalue weighted by Crippen LogP contribution is 2.30. The first-order chi connectivity index (χ1) is 7.45. The first kappa shape index (κ1) is 11.3. The number of halogens is 3. The molecule has 1 aliphatic rings. The smallest absolute Gasteiger partial charge is 0.393 e. The maximum atomic E-state index is 12.3. The second-order valence-electron chi connectivity index (χ2n) is 4.04. The molecule has 1 saturated carbocycles. The Morgan fingerprint density at radius 2 is 1.69 bits per heavy atom. The third-order valence-electron chi connectivity index (χ3n) is 2.70. The van der Waals surface area contributed by atoms with Crippen LogP contribution in [0.2, 0.25) is 0 Å². The van der Waals surface area contributed by atoms with Gasteiger partial charge in [-0.1, -0.05) is 0 Å². The van der Waals surface area contributed by atoms with Crippen LogP contribution < -0.4 is 5.32 Å². The fraction of sp³-hybridized carbons (Fsp3) is 0.455. The maximum Gasteiger partial charge on any atom is 0.416 e. The minimum Gasteiger partial charge on any atom is -0.393 e. The Kier molecular flexibility index (Phi) is 2.80. The van der Waals surface area contributed by atoms with Gasteiger partial charge in [0, 0.05) is 11.7 Å². The Balaban J connectivity index is 1.97. The molecule has 0 saturated heterocycles. The summed E-state index contributed by atoms with van der Waals surface area (Å²) in [6, 6.07) is 5.10. The molecule has 2 N–H and O–H groups in total. The summed E-state index contributed by atoms with van der Waals surface area (Å²) in [5.41, 5.74) is 0.0107. The van der Waals surface area contributed by atoms with E-state index in [1.54, 1.807) is 0 Å². The van der Waals surface area contributed by atoms with Gasteiger partial charge in [-0.15, -0.1) is 0 Å². The molecular weight excluding hydrogens is 219 g/mol. The number of benzene rings is 1. The summed E-state index contributed by atoms with van der Waals surface area (Å²) in [5.74, 6) is 0. The van der Waals surface area contributed by atoms with Gasteiger partial charge in [0.2, 0.25) is 0 Å². The Hall–Kier alpha value is -1.23. The standard InChI is InChI=1S/C11H12F3NO/c12-11(13,14)7-1-3-8(4-2-7)15-9-5-10(16)6-9/h1-4,9-10,15-16H,5-6H2. The van der Waals surface area contributed by atoms with Crippen molar-refractivity contribution in [1.82, 2.24) is 0 Å². The van der Waals surface area contributed by atoms with Crippen LogP contribution in [-0.2, 0) is 6.18 Å². The van der Waals surface area contributed by atoms with E-state index in [-0.39, 0.29) is 12.1 Å². The Morgan fingerprint density at radius 1 is 1.12 bits per heavy atom. The molecule has 1 fully saturated rings. The Bertz CT molecular complexity index is 354. The number of nitrogens with one attached hydrogen (secondary N) is 1. The van der Waals surface area contributed by atoms with Crippen LogP contribution in [0.3, 0.4) is 0 Å². The third kappa shape index (κ3) is 2.47. The SMILES string of the molecule is OC1CC(Nc2ccc(C(F)(F)F)cc2)C1. The van der Waals surface area contributed by atoms with Crippen molar-refractivity contribution in [3.8, 4) is 0 Å². The molecule has 1 aromatic carbocycles. The Labute approximate surface area is 91.1 Å². The van der Waals surface area contributed by atoms with Crippen molar-refractivity contribution in [3.63, 3.8) is 0 Å². The van der Waals surface area contributed by atoms with Crippen LogP contribution in [0.1, 0.15) is 18.4 Å². The first-order valence-corrected chi connectivity index (χ1v) is 5.07. The topological polar surface area (TPSA) is 32.3 Å². The number of aliphatic hydroxyl groups is 1. The predicted octanol–water partition coefficient (Wildman–Crippen LogP) is 2.64. The lowest BCUT2D eigenvalue weighted by molar-refractivity contribution is -0.137. The second-order valence-corrected chi connectivity index (χ2v) is 4.04. The first-order valence-electron chi connectivity index (χ1n) is 5.07. The van der Waals surface area contributed by atoms with Crippen molar-refractivity contribution >= 4 is 5.69 Å². The number of rotatable bonds is 2. The molecule has 0 aliphatic heterocycles. The van der Waals surface area contributed by atoms with Gasteiger partial charge in [-0.2, -0.15) is 13.2 Å². The summed E-state index contributed by atoms with van der Waals surface area (Å²) >= 11 is 0. The van der Waals surface area contributed by atoms with Crippen LogP contribution >= 0.6 is 0 Å². The molecular formula is C11H12F3NO. The monoisotopic (exact) mass is 231 g/mol. The van der Waals surface area contributed by atoms with Crippen molar-refractivity contribution < 1.29 is 18.3 Å². The number of hydrogen-bond acceptors (Lipinski definition) is 2. The van der Waals surface area contributed by atoms with Gasteiger partial charge >= 0.3 is 6.18 Å². The highest BCUT2D eigenvalue weighted by atomic mass is 19.4. The highest BCUT2D eigenvalue weighted by Gasteiger charge is 2.30. The van der Waals surface area contributed by atoms with Crippen molar-refractivity contribution in [2.24, 2.45) is 0 Å². The summed E-state index contributed by atoms with van der Waals surface area (Å²) in [4.78, 5) is 0. The average Bonchev–Trinajstić information content (AvgIpc) is 2.15. The zero-order valence-electron chi connectivity index (χ0n) is 8.46.